The molecule has 6 heteroatoms. The van der Waals surface area contributed by atoms with Crippen LogP contribution in [-0.4, -0.2) is 14.5 Å². The van der Waals surface area contributed by atoms with Crippen molar-refractivity contribution in [3.63, 3.8) is 0 Å². The smallest absolute Gasteiger partial charge is 0.180 e. The van der Waals surface area contributed by atoms with Crippen molar-refractivity contribution in [3.8, 4) is 10.7 Å². The quantitative estimate of drug-likeness (QED) is 0.781. The maximum Gasteiger partial charge on any atom is 0.180 e. The number of imidazole rings is 1. The molecule has 1 aromatic carbocycles. The Hall–Kier alpha value is -1.95. The van der Waals surface area contributed by atoms with Gasteiger partial charge in [0.2, 0.25) is 0 Å². The van der Waals surface area contributed by atoms with Crippen LogP contribution in [-0.2, 0) is 0 Å². The lowest BCUT2D eigenvalue weighted by Gasteiger charge is -2.12. The molecule has 0 amide bonds. The van der Waals surface area contributed by atoms with Crippen LogP contribution in [0, 0.1) is 12.7 Å². The number of fused-ring (bicyclic) bond motifs is 1. The summed E-state index contributed by atoms with van der Waals surface area (Å²) in [6.45, 7) is 5.99. The Balaban J connectivity index is 2.38. The topological polar surface area (TPSA) is 56.7 Å². The molecule has 20 heavy (non-hydrogen) atoms. The number of rotatable bonds is 2. The van der Waals surface area contributed by atoms with Gasteiger partial charge in [-0.3, -0.25) is 0 Å². The number of hydrogen-bond donors (Lipinski definition) is 1. The third kappa shape index (κ3) is 1.87. The molecule has 0 spiro atoms. The van der Waals surface area contributed by atoms with Gasteiger partial charge in [0, 0.05) is 6.04 Å². The van der Waals surface area contributed by atoms with Crippen molar-refractivity contribution >= 4 is 27.5 Å². The number of hydrogen-bond acceptors (Lipinski definition) is 4. The SMILES string of the molecule is Cc1nc(N)sc1-c1nc2c(F)cccc2n1C(C)C. The summed E-state index contributed by atoms with van der Waals surface area (Å²) in [5.41, 5.74) is 7.77. The van der Waals surface area contributed by atoms with E-state index in [0.717, 1.165) is 21.9 Å². The highest BCUT2D eigenvalue weighted by Gasteiger charge is 2.20. The Morgan fingerprint density at radius 2 is 2.05 bits per heavy atom. The molecule has 3 rings (SSSR count). The molecule has 2 aromatic heterocycles. The number of para-hydroxylation sites is 1. The van der Waals surface area contributed by atoms with Crippen LogP contribution in [0.15, 0.2) is 18.2 Å². The molecule has 0 fully saturated rings. The normalized spacial score (nSPS) is 11.7. The molecule has 3 aromatic rings. The van der Waals surface area contributed by atoms with Crippen molar-refractivity contribution < 1.29 is 4.39 Å². The zero-order chi connectivity index (χ0) is 14.4. The lowest BCUT2D eigenvalue weighted by Crippen LogP contribution is -2.02. The second-order valence-corrected chi connectivity index (χ2v) is 6.00. The van der Waals surface area contributed by atoms with Crippen LogP contribution in [0.2, 0.25) is 0 Å². The summed E-state index contributed by atoms with van der Waals surface area (Å²) in [4.78, 5) is 9.61. The van der Waals surface area contributed by atoms with Crippen molar-refractivity contribution in [2.24, 2.45) is 0 Å². The highest BCUT2D eigenvalue weighted by atomic mass is 32.1. The average Bonchev–Trinajstić information content (AvgIpc) is 2.90. The van der Waals surface area contributed by atoms with E-state index < -0.39 is 0 Å². The second kappa shape index (κ2) is 4.56. The van der Waals surface area contributed by atoms with Gasteiger partial charge in [0.05, 0.1) is 16.1 Å². The Labute approximate surface area is 120 Å². The Morgan fingerprint density at radius 3 is 2.65 bits per heavy atom. The Kier molecular flexibility index (Phi) is 2.97. The first kappa shape index (κ1) is 13.1. The molecule has 0 atom stereocenters. The van der Waals surface area contributed by atoms with Gasteiger partial charge in [-0.15, -0.1) is 0 Å². The summed E-state index contributed by atoms with van der Waals surface area (Å²) in [5, 5.41) is 0.500. The Morgan fingerprint density at radius 1 is 1.30 bits per heavy atom. The van der Waals surface area contributed by atoms with Gasteiger partial charge < -0.3 is 10.3 Å². The van der Waals surface area contributed by atoms with Gasteiger partial charge in [-0.05, 0) is 32.9 Å². The van der Waals surface area contributed by atoms with Gasteiger partial charge in [-0.2, -0.15) is 0 Å². The molecule has 0 aliphatic heterocycles. The summed E-state index contributed by atoms with van der Waals surface area (Å²) >= 11 is 1.38. The minimum Gasteiger partial charge on any atom is -0.375 e. The van der Waals surface area contributed by atoms with E-state index in [4.69, 9.17) is 5.73 Å². The highest BCUT2D eigenvalue weighted by Crippen LogP contribution is 2.35. The molecule has 0 saturated heterocycles. The molecular formula is C14H15FN4S. The van der Waals surface area contributed by atoms with E-state index in [9.17, 15) is 4.39 Å². The minimum atomic E-state index is -0.307. The number of thiazole rings is 1. The standard InChI is InChI=1S/C14H15FN4S/c1-7(2)19-10-6-4-5-9(15)11(10)18-13(19)12-8(3)17-14(16)20-12/h4-7H,1-3H3,(H2,16,17). The van der Waals surface area contributed by atoms with Crippen molar-refractivity contribution in [1.82, 2.24) is 14.5 Å². The predicted molar refractivity (Wildman–Crippen MR) is 80.3 cm³/mol. The van der Waals surface area contributed by atoms with E-state index >= 15 is 0 Å². The highest BCUT2D eigenvalue weighted by molar-refractivity contribution is 7.18. The first-order valence-electron chi connectivity index (χ1n) is 6.38. The summed E-state index contributed by atoms with van der Waals surface area (Å²) in [5.74, 6) is 0.421. The van der Waals surface area contributed by atoms with Gasteiger partial charge in [-0.1, -0.05) is 17.4 Å². The summed E-state index contributed by atoms with van der Waals surface area (Å²) in [6.07, 6.45) is 0. The molecule has 0 saturated carbocycles. The van der Waals surface area contributed by atoms with Crippen molar-refractivity contribution in [3.05, 3.63) is 29.7 Å². The average molecular weight is 290 g/mol. The lowest BCUT2D eigenvalue weighted by molar-refractivity contribution is 0.623. The van der Waals surface area contributed by atoms with Crippen LogP contribution in [0.25, 0.3) is 21.7 Å². The number of nitrogens with two attached hydrogens (primary N) is 1. The fourth-order valence-corrected chi connectivity index (χ4v) is 3.21. The molecule has 0 aliphatic carbocycles. The van der Waals surface area contributed by atoms with Gasteiger partial charge in [-0.25, -0.2) is 14.4 Å². The largest absolute Gasteiger partial charge is 0.375 e. The van der Waals surface area contributed by atoms with Crippen molar-refractivity contribution in [2.75, 3.05) is 5.73 Å². The van der Waals surface area contributed by atoms with E-state index in [2.05, 4.69) is 23.8 Å². The van der Waals surface area contributed by atoms with Crippen LogP contribution < -0.4 is 5.73 Å². The number of benzene rings is 1. The van der Waals surface area contributed by atoms with E-state index in [1.807, 2.05) is 17.6 Å². The van der Waals surface area contributed by atoms with Gasteiger partial charge >= 0.3 is 0 Å². The number of aryl methyl sites for hydroxylation is 1. The van der Waals surface area contributed by atoms with Crippen LogP contribution in [0.1, 0.15) is 25.6 Å². The monoisotopic (exact) mass is 290 g/mol. The van der Waals surface area contributed by atoms with E-state index in [-0.39, 0.29) is 11.9 Å². The van der Waals surface area contributed by atoms with E-state index in [1.54, 1.807) is 6.07 Å². The third-order valence-electron chi connectivity index (χ3n) is 3.20. The van der Waals surface area contributed by atoms with Gasteiger partial charge in [0.1, 0.15) is 5.52 Å². The van der Waals surface area contributed by atoms with Crippen LogP contribution in [0.4, 0.5) is 9.52 Å². The maximum absolute atomic E-state index is 14.0. The number of nitrogen functional groups attached to an aromatic ring is 1. The van der Waals surface area contributed by atoms with Crippen LogP contribution in [0.3, 0.4) is 0 Å². The maximum atomic E-state index is 14.0. The van der Waals surface area contributed by atoms with Crippen molar-refractivity contribution in [2.45, 2.75) is 26.8 Å². The predicted octanol–water partition coefficient (Wildman–Crippen LogP) is 3.77. The lowest BCUT2D eigenvalue weighted by atomic mass is 10.2. The molecule has 0 unspecified atom stereocenters. The Bertz CT molecular complexity index is 788. The fourth-order valence-electron chi connectivity index (χ4n) is 2.39. The summed E-state index contributed by atoms with van der Waals surface area (Å²) < 4.78 is 16.0. The summed E-state index contributed by atoms with van der Waals surface area (Å²) in [6, 6.07) is 5.18. The molecule has 0 aliphatic rings. The molecule has 0 bridgehead atoms. The van der Waals surface area contributed by atoms with Crippen molar-refractivity contribution in [1.29, 1.82) is 0 Å². The molecule has 2 N–H and O–H groups in total. The molecule has 2 heterocycles. The number of nitrogens with zero attached hydrogens (tertiary/aromatic N) is 3. The zero-order valence-electron chi connectivity index (χ0n) is 11.5. The molecule has 104 valence electrons. The van der Waals surface area contributed by atoms with Crippen LogP contribution >= 0.6 is 11.3 Å². The van der Waals surface area contributed by atoms with Crippen LogP contribution in [0.5, 0.6) is 0 Å². The molecular weight excluding hydrogens is 275 g/mol. The number of halogens is 1. The molecule has 4 nitrogen and oxygen atoms in total. The van der Waals surface area contributed by atoms with Gasteiger partial charge in [0.15, 0.2) is 16.8 Å². The fraction of sp³-hybridized carbons (Fsp3) is 0.286. The van der Waals surface area contributed by atoms with Gasteiger partial charge in [0.25, 0.3) is 0 Å². The van der Waals surface area contributed by atoms with E-state index in [1.165, 1.54) is 17.4 Å². The van der Waals surface area contributed by atoms with E-state index in [0.29, 0.717) is 10.6 Å². The third-order valence-corrected chi connectivity index (χ3v) is 4.19. The number of anilines is 1. The minimum absolute atomic E-state index is 0.166. The second-order valence-electron chi connectivity index (χ2n) is 4.97. The molecule has 0 radical (unpaired) electrons. The first-order valence-corrected chi connectivity index (χ1v) is 7.20. The summed E-state index contributed by atoms with van der Waals surface area (Å²) in [7, 11) is 0. The number of aromatic nitrogens is 3. The first-order chi connectivity index (χ1) is 9.49. The zero-order valence-corrected chi connectivity index (χ0v) is 12.3.